The monoisotopic (exact) mass is 313 g/mol. The summed E-state index contributed by atoms with van der Waals surface area (Å²) in [6.07, 6.45) is 2.28. The Bertz CT molecular complexity index is 479. The van der Waals surface area contributed by atoms with Crippen molar-refractivity contribution >= 4 is 17.3 Å². The van der Waals surface area contributed by atoms with Crippen molar-refractivity contribution in [1.29, 1.82) is 0 Å². The van der Waals surface area contributed by atoms with Gasteiger partial charge in [0.1, 0.15) is 11.5 Å². The fourth-order valence-corrected chi connectivity index (χ4v) is 2.85. The molecule has 0 aliphatic carbocycles. The van der Waals surface area contributed by atoms with E-state index in [4.69, 9.17) is 25.8 Å². The van der Waals surface area contributed by atoms with E-state index in [2.05, 4.69) is 19.2 Å². The second-order valence-electron chi connectivity index (χ2n) is 5.71. The summed E-state index contributed by atoms with van der Waals surface area (Å²) < 4.78 is 16.5. The van der Waals surface area contributed by atoms with Crippen LogP contribution in [0.25, 0.3) is 0 Å². The number of methoxy groups -OCH3 is 2. The van der Waals surface area contributed by atoms with Gasteiger partial charge in [-0.3, -0.25) is 0 Å². The molecule has 1 saturated heterocycles. The Kier molecular flexibility index (Phi) is 5.59. The van der Waals surface area contributed by atoms with Crippen LogP contribution in [0, 0.1) is 5.92 Å². The lowest BCUT2D eigenvalue weighted by molar-refractivity contribution is -0.0161. The van der Waals surface area contributed by atoms with Crippen LogP contribution < -0.4 is 14.8 Å². The van der Waals surface area contributed by atoms with Gasteiger partial charge in [0.15, 0.2) is 0 Å². The molecule has 0 aromatic heterocycles. The highest BCUT2D eigenvalue weighted by molar-refractivity contribution is 6.32. The van der Waals surface area contributed by atoms with Gasteiger partial charge in [0, 0.05) is 24.8 Å². The lowest BCUT2D eigenvalue weighted by Gasteiger charge is -2.33. The predicted octanol–water partition coefficient (Wildman–Crippen LogP) is 3.97. The fraction of sp³-hybridized carbons (Fsp3) is 0.625. The first-order valence-corrected chi connectivity index (χ1v) is 7.72. The molecule has 0 bridgehead atoms. The summed E-state index contributed by atoms with van der Waals surface area (Å²) in [4.78, 5) is 0. The number of rotatable bonds is 5. The second-order valence-corrected chi connectivity index (χ2v) is 6.11. The summed E-state index contributed by atoms with van der Waals surface area (Å²) in [6.45, 7) is 5.17. The van der Waals surface area contributed by atoms with E-state index in [1.165, 1.54) is 0 Å². The first-order chi connectivity index (χ1) is 10.0. The molecule has 1 aromatic rings. The van der Waals surface area contributed by atoms with Gasteiger partial charge in [0.05, 0.1) is 31.0 Å². The quantitative estimate of drug-likeness (QED) is 0.892. The van der Waals surface area contributed by atoms with E-state index in [0.29, 0.717) is 28.8 Å². The maximum Gasteiger partial charge on any atom is 0.143 e. The Morgan fingerprint density at radius 3 is 2.57 bits per heavy atom. The van der Waals surface area contributed by atoms with E-state index in [0.717, 1.165) is 30.9 Å². The van der Waals surface area contributed by atoms with Gasteiger partial charge in [0.2, 0.25) is 0 Å². The number of hydrogen-bond acceptors (Lipinski definition) is 4. The predicted molar refractivity (Wildman–Crippen MR) is 85.8 cm³/mol. The van der Waals surface area contributed by atoms with Gasteiger partial charge in [0.25, 0.3) is 0 Å². The minimum Gasteiger partial charge on any atom is -0.495 e. The van der Waals surface area contributed by atoms with Crippen molar-refractivity contribution in [2.45, 2.75) is 38.8 Å². The fourth-order valence-electron chi connectivity index (χ4n) is 2.62. The van der Waals surface area contributed by atoms with Crippen LogP contribution in [-0.2, 0) is 4.74 Å². The van der Waals surface area contributed by atoms with Gasteiger partial charge in [-0.15, -0.1) is 0 Å². The molecule has 0 amide bonds. The van der Waals surface area contributed by atoms with Gasteiger partial charge in [-0.05, 0) is 18.8 Å². The maximum absolute atomic E-state index is 6.13. The van der Waals surface area contributed by atoms with Crippen molar-refractivity contribution in [3.8, 4) is 11.5 Å². The first-order valence-electron chi connectivity index (χ1n) is 7.34. The number of hydrogen-bond donors (Lipinski definition) is 1. The molecule has 2 rings (SSSR count). The smallest absolute Gasteiger partial charge is 0.143 e. The molecule has 1 N–H and O–H groups in total. The summed E-state index contributed by atoms with van der Waals surface area (Å²) in [5.41, 5.74) is 0.910. The van der Waals surface area contributed by atoms with Crippen LogP contribution in [0.1, 0.15) is 26.7 Å². The lowest BCUT2D eigenvalue weighted by Crippen LogP contribution is -2.36. The Hall–Kier alpha value is -1.13. The number of anilines is 1. The summed E-state index contributed by atoms with van der Waals surface area (Å²) >= 11 is 6.13. The van der Waals surface area contributed by atoms with Gasteiger partial charge in [-0.2, -0.15) is 0 Å². The van der Waals surface area contributed by atoms with E-state index < -0.39 is 0 Å². The van der Waals surface area contributed by atoms with E-state index >= 15 is 0 Å². The molecule has 21 heavy (non-hydrogen) atoms. The van der Waals surface area contributed by atoms with E-state index in [9.17, 15) is 0 Å². The minimum atomic E-state index is 0.302. The van der Waals surface area contributed by atoms with Crippen LogP contribution in [-0.4, -0.2) is 33.0 Å². The summed E-state index contributed by atoms with van der Waals surface area (Å²) in [6, 6.07) is 4.04. The molecule has 0 saturated carbocycles. The normalized spacial score (nSPS) is 22.2. The number of benzene rings is 1. The van der Waals surface area contributed by atoms with Gasteiger partial charge < -0.3 is 19.5 Å². The molecule has 1 aliphatic heterocycles. The van der Waals surface area contributed by atoms with E-state index in [-0.39, 0.29) is 0 Å². The molecule has 5 heteroatoms. The van der Waals surface area contributed by atoms with Crippen LogP contribution in [0.4, 0.5) is 5.69 Å². The summed E-state index contributed by atoms with van der Waals surface area (Å²) in [7, 11) is 3.25. The minimum absolute atomic E-state index is 0.302. The van der Waals surface area contributed by atoms with E-state index in [1.54, 1.807) is 20.3 Å². The zero-order valence-electron chi connectivity index (χ0n) is 13.1. The van der Waals surface area contributed by atoms with Gasteiger partial charge >= 0.3 is 0 Å². The summed E-state index contributed by atoms with van der Waals surface area (Å²) in [5, 5.41) is 4.09. The molecule has 1 fully saturated rings. The molecular weight excluding hydrogens is 290 g/mol. The molecule has 2 unspecified atom stereocenters. The van der Waals surface area contributed by atoms with Crippen molar-refractivity contribution in [2.24, 2.45) is 5.92 Å². The molecule has 0 spiro atoms. The van der Waals surface area contributed by atoms with Crippen LogP contribution in [0.15, 0.2) is 12.1 Å². The molecule has 1 aliphatic rings. The highest BCUT2D eigenvalue weighted by Crippen LogP contribution is 2.37. The molecule has 2 atom stereocenters. The van der Waals surface area contributed by atoms with Crippen molar-refractivity contribution in [1.82, 2.24) is 0 Å². The Morgan fingerprint density at radius 2 is 1.95 bits per heavy atom. The highest BCUT2D eigenvalue weighted by atomic mass is 35.5. The zero-order valence-corrected chi connectivity index (χ0v) is 13.9. The van der Waals surface area contributed by atoms with Crippen molar-refractivity contribution in [3.63, 3.8) is 0 Å². The largest absolute Gasteiger partial charge is 0.495 e. The average molecular weight is 314 g/mol. The molecule has 1 aromatic carbocycles. The number of ether oxygens (including phenoxy) is 3. The lowest BCUT2D eigenvalue weighted by atomic mass is 9.95. The topological polar surface area (TPSA) is 39.7 Å². The van der Waals surface area contributed by atoms with Crippen molar-refractivity contribution in [3.05, 3.63) is 17.2 Å². The third-order valence-electron chi connectivity index (χ3n) is 3.89. The second kappa shape index (κ2) is 7.23. The summed E-state index contributed by atoms with van der Waals surface area (Å²) in [5.74, 6) is 1.90. The average Bonchev–Trinajstić information content (AvgIpc) is 2.48. The van der Waals surface area contributed by atoms with Crippen LogP contribution in [0.3, 0.4) is 0 Å². The standard InChI is InChI=1S/C16H24ClNO3/c1-10(2)14-7-11(5-6-21-14)18-13-9-15(19-3)12(17)8-16(13)20-4/h8-11,14,18H,5-7H2,1-4H3. The Balaban J connectivity index is 2.14. The Labute approximate surface area is 131 Å². The molecule has 4 nitrogen and oxygen atoms in total. The SMILES string of the molecule is COc1cc(NC2CCOC(C(C)C)C2)c(OC)cc1Cl. The Morgan fingerprint density at radius 1 is 1.24 bits per heavy atom. The maximum atomic E-state index is 6.13. The number of halogens is 1. The van der Waals surface area contributed by atoms with Crippen LogP contribution in [0.2, 0.25) is 5.02 Å². The third kappa shape index (κ3) is 3.95. The molecule has 0 radical (unpaired) electrons. The zero-order chi connectivity index (χ0) is 15.4. The highest BCUT2D eigenvalue weighted by Gasteiger charge is 2.25. The molecular formula is C16H24ClNO3. The van der Waals surface area contributed by atoms with Crippen LogP contribution in [0.5, 0.6) is 11.5 Å². The molecule has 1 heterocycles. The van der Waals surface area contributed by atoms with E-state index in [1.807, 2.05) is 6.07 Å². The molecule has 118 valence electrons. The van der Waals surface area contributed by atoms with Gasteiger partial charge in [-0.25, -0.2) is 0 Å². The van der Waals surface area contributed by atoms with Gasteiger partial charge in [-0.1, -0.05) is 25.4 Å². The van der Waals surface area contributed by atoms with Crippen molar-refractivity contribution in [2.75, 3.05) is 26.1 Å². The first kappa shape index (κ1) is 16.2. The third-order valence-corrected chi connectivity index (χ3v) is 4.19. The van der Waals surface area contributed by atoms with Crippen LogP contribution >= 0.6 is 11.6 Å². The van der Waals surface area contributed by atoms with Crippen molar-refractivity contribution < 1.29 is 14.2 Å². The number of nitrogens with one attached hydrogen (secondary N) is 1.